The average Bonchev–Trinajstić information content (AvgIpc) is 2.47. The number of benzene rings is 1. The summed E-state index contributed by atoms with van der Waals surface area (Å²) in [5.41, 5.74) is 0.00799. The Labute approximate surface area is 89.1 Å². The molecule has 7 nitrogen and oxygen atoms in total. The first-order chi connectivity index (χ1) is 7.59. The largest absolute Gasteiger partial charge is 0.647 e. The summed E-state index contributed by atoms with van der Waals surface area (Å²) in [6.07, 6.45) is 0.453. The lowest BCUT2D eigenvalue weighted by atomic mass is 10.1. The molecule has 2 aliphatic heterocycles. The highest BCUT2D eigenvalue weighted by atomic mass is 31.2. The first kappa shape index (κ1) is 9.35. The molecule has 1 unspecified atom stereocenters. The standard InChI is InChI=1S/C8H5O7P/c1-12-7-4(10)8-6-3(2-9)5(7)13-16(11,14-6)15-8/h2,10H,1H3. The minimum Gasteiger partial charge on any atom is -0.501 e. The van der Waals surface area contributed by atoms with Crippen LogP contribution in [0.25, 0.3) is 0 Å². The quantitative estimate of drug-likeness (QED) is 0.622. The molecule has 1 aromatic carbocycles. The molecule has 0 spiro atoms. The number of hydrogen-bond donors (Lipinski definition) is 1. The number of ether oxygens (including phenoxy) is 1. The number of fused-ring (bicyclic) bond motifs is 2. The molecule has 2 aliphatic rings. The molecule has 8 heteroatoms. The monoisotopic (exact) mass is 244 g/mol. The first-order valence-corrected chi connectivity index (χ1v) is 5.66. The van der Waals surface area contributed by atoms with Crippen LogP contribution < -0.4 is 18.3 Å². The molecule has 1 aromatic rings. The van der Waals surface area contributed by atoms with Crippen molar-refractivity contribution in [3.8, 4) is 28.7 Å². The average molecular weight is 244 g/mol. The van der Waals surface area contributed by atoms with Crippen LogP contribution in [0.3, 0.4) is 0 Å². The van der Waals surface area contributed by atoms with Crippen LogP contribution in [0.4, 0.5) is 0 Å². The lowest BCUT2D eigenvalue weighted by Crippen LogP contribution is -2.06. The van der Waals surface area contributed by atoms with Gasteiger partial charge in [-0.05, 0) is 0 Å². The highest BCUT2D eigenvalue weighted by Crippen LogP contribution is 2.71. The van der Waals surface area contributed by atoms with Gasteiger partial charge >= 0.3 is 7.82 Å². The maximum atomic E-state index is 11.7. The Morgan fingerprint density at radius 1 is 1.25 bits per heavy atom. The van der Waals surface area contributed by atoms with E-state index in [1.165, 1.54) is 7.11 Å². The van der Waals surface area contributed by atoms with Gasteiger partial charge in [-0.1, -0.05) is 0 Å². The fourth-order valence-corrected chi connectivity index (χ4v) is 2.93. The third kappa shape index (κ3) is 0.886. The molecule has 0 fully saturated rings. The van der Waals surface area contributed by atoms with Gasteiger partial charge in [-0.3, -0.25) is 4.79 Å². The number of phenolic OH excluding ortho intramolecular Hbond substituents is 1. The fraction of sp³-hybridized carbons (Fsp3) is 0.125. The maximum Gasteiger partial charge on any atom is 0.647 e. The predicted octanol–water partition coefficient (Wildman–Crippen LogP) is 1.48. The third-order valence-electron chi connectivity index (χ3n) is 2.26. The number of aromatic hydroxyl groups is 1. The van der Waals surface area contributed by atoms with Gasteiger partial charge in [-0.25, -0.2) is 0 Å². The second kappa shape index (κ2) is 2.62. The Kier molecular flexibility index (Phi) is 1.53. The summed E-state index contributed by atoms with van der Waals surface area (Å²) >= 11 is 0. The van der Waals surface area contributed by atoms with Crippen LogP contribution >= 0.6 is 7.82 Å². The minimum atomic E-state index is -3.78. The Morgan fingerprint density at radius 3 is 2.50 bits per heavy atom. The Bertz CT molecular complexity index is 564. The van der Waals surface area contributed by atoms with Gasteiger partial charge in [0.1, 0.15) is 5.56 Å². The van der Waals surface area contributed by atoms with Gasteiger partial charge in [-0.2, -0.15) is 4.57 Å². The summed E-state index contributed by atoms with van der Waals surface area (Å²) in [6.45, 7) is 0. The van der Waals surface area contributed by atoms with Crippen LogP contribution in [0.1, 0.15) is 10.4 Å². The molecule has 16 heavy (non-hydrogen) atoms. The second-order valence-corrected chi connectivity index (χ2v) is 4.56. The lowest BCUT2D eigenvalue weighted by molar-refractivity contribution is 0.111. The van der Waals surface area contributed by atoms with E-state index >= 15 is 0 Å². The van der Waals surface area contributed by atoms with Crippen molar-refractivity contribution < 1.29 is 32.8 Å². The second-order valence-electron chi connectivity index (χ2n) is 3.12. The molecule has 1 atom stereocenters. The smallest absolute Gasteiger partial charge is 0.501 e. The van der Waals surface area contributed by atoms with E-state index in [0.29, 0.717) is 6.29 Å². The van der Waals surface area contributed by atoms with Crippen LogP contribution in [-0.4, -0.2) is 18.5 Å². The van der Waals surface area contributed by atoms with E-state index < -0.39 is 13.6 Å². The number of aldehydes is 1. The molecule has 0 aliphatic carbocycles. The van der Waals surface area contributed by atoms with Gasteiger partial charge < -0.3 is 23.4 Å². The van der Waals surface area contributed by atoms with Crippen molar-refractivity contribution in [2.75, 3.05) is 7.11 Å². The molecule has 0 aromatic heterocycles. The number of rotatable bonds is 2. The zero-order valence-corrected chi connectivity index (χ0v) is 8.82. The van der Waals surface area contributed by atoms with Crippen molar-refractivity contribution in [3.63, 3.8) is 0 Å². The van der Waals surface area contributed by atoms with Crippen molar-refractivity contribution in [2.45, 2.75) is 0 Å². The number of carbonyl (C=O) groups is 1. The number of carbonyl (C=O) groups excluding carboxylic acids is 1. The molecule has 1 N–H and O–H groups in total. The molecule has 2 heterocycles. The maximum absolute atomic E-state index is 11.7. The SMILES string of the molecule is COc1c(O)c2c3c(C=O)c1OP(=O)(O2)O3. The number of hydrogen-bond acceptors (Lipinski definition) is 7. The van der Waals surface area contributed by atoms with E-state index in [4.69, 9.17) is 18.3 Å². The molecular weight excluding hydrogens is 239 g/mol. The summed E-state index contributed by atoms with van der Waals surface area (Å²) < 4.78 is 31.2. The van der Waals surface area contributed by atoms with Gasteiger partial charge in [0.25, 0.3) is 0 Å². The van der Waals surface area contributed by atoms with Crippen LogP contribution in [0, 0.1) is 0 Å². The molecule has 0 saturated heterocycles. The minimum absolute atomic E-state index is 0.00799. The Balaban J connectivity index is 2.44. The van der Waals surface area contributed by atoms with Gasteiger partial charge in [0, 0.05) is 0 Å². The molecule has 0 radical (unpaired) electrons. The van der Waals surface area contributed by atoms with Crippen molar-refractivity contribution in [1.82, 2.24) is 0 Å². The van der Waals surface area contributed by atoms with Crippen LogP contribution in [0.5, 0.6) is 28.7 Å². The summed E-state index contributed by atoms with van der Waals surface area (Å²) in [7, 11) is -2.50. The highest BCUT2D eigenvalue weighted by Gasteiger charge is 2.52. The lowest BCUT2D eigenvalue weighted by Gasteiger charge is -2.17. The van der Waals surface area contributed by atoms with Gasteiger partial charge in [0.2, 0.25) is 17.2 Å². The molecular formula is C8H5O7P. The zero-order chi connectivity index (χ0) is 11.5. The number of phosphoric acid groups is 1. The van der Waals surface area contributed by atoms with Crippen molar-refractivity contribution in [2.24, 2.45) is 0 Å². The van der Waals surface area contributed by atoms with Crippen LogP contribution in [0.2, 0.25) is 0 Å². The van der Waals surface area contributed by atoms with Crippen molar-refractivity contribution >= 4 is 14.1 Å². The third-order valence-corrected chi connectivity index (χ3v) is 3.48. The molecule has 84 valence electrons. The number of phosphoric ester groups is 1. The summed E-state index contributed by atoms with van der Waals surface area (Å²) in [5, 5.41) is 9.70. The molecule has 0 amide bonds. The molecule has 3 rings (SSSR count). The van der Waals surface area contributed by atoms with E-state index in [2.05, 4.69) is 0 Å². The summed E-state index contributed by atoms with van der Waals surface area (Å²) in [6, 6.07) is 0. The number of methoxy groups -OCH3 is 1. The van der Waals surface area contributed by atoms with E-state index in [-0.39, 0.29) is 28.6 Å². The van der Waals surface area contributed by atoms with Gasteiger partial charge in [0.15, 0.2) is 17.8 Å². The van der Waals surface area contributed by atoms with Crippen molar-refractivity contribution in [3.05, 3.63) is 5.56 Å². The first-order valence-electron chi connectivity index (χ1n) is 4.20. The van der Waals surface area contributed by atoms with E-state index in [0.717, 1.165) is 0 Å². The van der Waals surface area contributed by atoms with E-state index in [1.54, 1.807) is 0 Å². The van der Waals surface area contributed by atoms with Crippen molar-refractivity contribution in [1.29, 1.82) is 0 Å². The fourth-order valence-electron chi connectivity index (χ4n) is 1.62. The Morgan fingerprint density at radius 2 is 1.88 bits per heavy atom. The predicted molar refractivity (Wildman–Crippen MR) is 49.5 cm³/mol. The van der Waals surface area contributed by atoms with E-state index in [1.807, 2.05) is 0 Å². The van der Waals surface area contributed by atoms with Crippen LogP contribution in [0.15, 0.2) is 0 Å². The highest BCUT2D eigenvalue weighted by molar-refractivity contribution is 7.50. The van der Waals surface area contributed by atoms with Crippen LogP contribution in [-0.2, 0) is 4.57 Å². The van der Waals surface area contributed by atoms with E-state index in [9.17, 15) is 14.5 Å². The van der Waals surface area contributed by atoms with Gasteiger partial charge in [0.05, 0.1) is 7.11 Å². The molecule has 3 bridgehead atoms. The zero-order valence-electron chi connectivity index (χ0n) is 7.92. The normalized spacial score (nSPS) is 23.3. The summed E-state index contributed by atoms with van der Waals surface area (Å²) in [5.74, 6) is -0.877. The summed E-state index contributed by atoms with van der Waals surface area (Å²) in [4.78, 5) is 10.9. The van der Waals surface area contributed by atoms with Gasteiger partial charge in [-0.15, -0.1) is 0 Å². The molecule has 0 saturated carbocycles. The number of phenols is 1. The Hall–Kier alpha value is -1.88. The topological polar surface area (TPSA) is 91.3 Å².